The molecule has 0 N–H and O–H groups in total. The van der Waals surface area contributed by atoms with Gasteiger partial charge in [0.2, 0.25) is 0 Å². The third-order valence-electron chi connectivity index (χ3n) is 3.32. The maximum Gasteiger partial charge on any atom is 0.260 e. The molecular weight excluding hydrogens is 242 g/mol. The second kappa shape index (κ2) is 6.36. The van der Waals surface area contributed by atoms with Gasteiger partial charge in [0.1, 0.15) is 5.75 Å². The van der Waals surface area contributed by atoms with Gasteiger partial charge >= 0.3 is 0 Å². The van der Waals surface area contributed by atoms with Crippen molar-refractivity contribution in [3.8, 4) is 5.75 Å². The van der Waals surface area contributed by atoms with E-state index >= 15 is 0 Å². The summed E-state index contributed by atoms with van der Waals surface area (Å²) in [7, 11) is 0. The van der Waals surface area contributed by atoms with E-state index in [0.29, 0.717) is 17.7 Å². The summed E-state index contributed by atoms with van der Waals surface area (Å²) >= 11 is 0. The van der Waals surface area contributed by atoms with E-state index in [4.69, 9.17) is 4.74 Å². The second-order valence-corrected chi connectivity index (χ2v) is 4.65. The normalized spacial score (nSPS) is 14.5. The minimum atomic E-state index is -0.00347. The summed E-state index contributed by atoms with van der Waals surface area (Å²) in [5, 5.41) is 0. The minimum absolute atomic E-state index is 0.00347. The zero-order valence-electron chi connectivity index (χ0n) is 11.2. The van der Waals surface area contributed by atoms with Gasteiger partial charge < -0.3 is 9.64 Å². The Labute approximate surface area is 113 Å². The Kier molecular flexibility index (Phi) is 4.55. The summed E-state index contributed by atoms with van der Waals surface area (Å²) in [5.41, 5.74) is 0.555. The fraction of sp³-hybridized carbons (Fsp3) is 0.467. The Morgan fingerprint density at radius 3 is 2.58 bits per heavy atom. The lowest BCUT2D eigenvalue weighted by atomic mass is 10.1. The summed E-state index contributed by atoms with van der Waals surface area (Å²) in [4.78, 5) is 25.5. The molecule has 1 fully saturated rings. The van der Waals surface area contributed by atoms with E-state index in [2.05, 4.69) is 0 Å². The number of benzene rings is 1. The Hall–Kier alpha value is -1.84. The van der Waals surface area contributed by atoms with E-state index in [1.165, 1.54) is 0 Å². The minimum Gasteiger partial charge on any atom is -0.483 e. The number of rotatable bonds is 5. The molecule has 1 heterocycles. The van der Waals surface area contributed by atoms with Crippen molar-refractivity contribution in [2.75, 3.05) is 19.7 Å². The maximum absolute atomic E-state index is 11.9. The first-order valence-electron chi connectivity index (χ1n) is 6.75. The van der Waals surface area contributed by atoms with Crippen LogP contribution in [-0.4, -0.2) is 36.3 Å². The SMILES string of the molecule is CCC(=O)c1ccccc1OCC(=O)N1CCCC1. The summed E-state index contributed by atoms with van der Waals surface area (Å²) in [6.07, 6.45) is 2.56. The molecule has 0 saturated carbocycles. The van der Waals surface area contributed by atoms with Gasteiger partial charge in [-0.15, -0.1) is 0 Å². The molecule has 0 unspecified atom stereocenters. The number of nitrogens with zero attached hydrogens (tertiary/aromatic N) is 1. The van der Waals surface area contributed by atoms with Gasteiger partial charge in [-0.05, 0) is 25.0 Å². The highest BCUT2D eigenvalue weighted by Gasteiger charge is 2.19. The topological polar surface area (TPSA) is 46.6 Å². The molecule has 102 valence electrons. The number of ketones is 1. The number of hydrogen-bond donors (Lipinski definition) is 0. The smallest absolute Gasteiger partial charge is 0.260 e. The molecule has 4 nitrogen and oxygen atoms in total. The maximum atomic E-state index is 11.9. The first-order chi connectivity index (χ1) is 9.22. The summed E-state index contributed by atoms with van der Waals surface area (Å²) in [6, 6.07) is 7.09. The molecule has 1 aliphatic heterocycles. The van der Waals surface area contributed by atoms with Crippen LogP contribution in [0.1, 0.15) is 36.5 Å². The monoisotopic (exact) mass is 261 g/mol. The van der Waals surface area contributed by atoms with Crippen LogP contribution in [0.5, 0.6) is 5.75 Å². The molecule has 2 rings (SSSR count). The van der Waals surface area contributed by atoms with Crippen LogP contribution in [-0.2, 0) is 4.79 Å². The molecule has 19 heavy (non-hydrogen) atoms. The predicted octanol–water partition coefficient (Wildman–Crippen LogP) is 2.28. The number of ether oxygens (including phenoxy) is 1. The van der Waals surface area contributed by atoms with Gasteiger partial charge in [-0.2, -0.15) is 0 Å². The molecule has 1 saturated heterocycles. The number of carbonyl (C=O) groups excluding carboxylic acids is 2. The number of Topliss-reactive ketones (excluding diaryl/α,β-unsaturated/α-hetero) is 1. The Bertz CT molecular complexity index is 464. The van der Waals surface area contributed by atoms with Gasteiger partial charge in [0.25, 0.3) is 5.91 Å². The van der Waals surface area contributed by atoms with Crippen molar-refractivity contribution in [3.63, 3.8) is 0 Å². The van der Waals surface area contributed by atoms with Crippen LogP contribution < -0.4 is 4.74 Å². The summed E-state index contributed by atoms with van der Waals surface area (Å²) in [5.74, 6) is 0.530. The molecule has 0 aromatic heterocycles. The van der Waals surface area contributed by atoms with Crippen LogP contribution in [0.25, 0.3) is 0 Å². The summed E-state index contributed by atoms with van der Waals surface area (Å²) in [6.45, 7) is 3.46. The zero-order valence-corrected chi connectivity index (χ0v) is 11.2. The van der Waals surface area contributed by atoms with E-state index in [1.807, 2.05) is 17.9 Å². The molecule has 0 atom stereocenters. The average Bonchev–Trinajstić information content (AvgIpc) is 2.98. The van der Waals surface area contributed by atoms with Gasteiger partial charge in [-0.1, -0.05) is 19.1 Å². The number of para-hydroxylation sites is 1. The summed E-state index contributed by atoms with van der Waals surface area (Å²) < 4.78 is 5.52. The highest BCUT2D eigenvalue weighted by Crippen LogP contribution is 2.20. The highest BCUT2D eigenvalue weighted by atomic mass is 16.5. The molecule has 1 aromatic rings. The van der Waals surface area contributed by atoms with Gasteiger partial charge in [-0.25, -0.2) is 0 Å². The third-order valence-corrected chi connectivity index (χ3v) is 3.32. The van der Waals surface area contributed by atoms with Crippen molar-refractivity contribution in [2.24, 2.45) is 0 Å². The molecule has 4 heteroatoms. The Balaban J connectivity index is 1.99. The molecule has 0 radical (unpaired) electrons. The molecular formula is C15H19NO3. The van der Waals surface area contributed by atoms with Gasteiger partial charge in [0, 0.05) is 19.5 Å². The number of amides is 1. The van der Waals surface area contributed by atoms with Crippen molar-refractivity contribution in [1.29, 1.82) is 0 Å². The molecule has 0 spiro atoms. The molecule has 1 aromatic carbocycles. The van der Waals surface area contributed by atoms with E-state index in [9.17, 15) is 9.59 Å². The van der Waals surface area contributed by atoms with Crippen LogP contribution in [0.15, 0.2) is 24.3 Å². The number of likely N-dealkylation sites (tertiary alicyclic amines) is 1. The lowest BCUT2D eigenvalue weighted by Gasteiger charge is -2.16. The largest absolute Gasteiger partial charge is 0.483 e. The van der Waals surface area contributed by atoms with Crippen LogP contribution >= 0.6 is 0 Å². The van der Waals surface area contributed by atoms with Gasteiger partial charge in [0.15, 0.2) is 12.4 Å². The van der Waals surface area contributed by atoms with E-state index in [-0.39, 0.29) is 18.3 Å². The van der Waals surface area contributed by atoms with E-state index in [0.717, 1.165) is 25.9 Å². The first-order valence-corrected chi connectivity index (χ1v) is 6.75. The molecule has 0 bridgehead atoms. The van der Waals surface area contributed by atoms with Crippen LogP contribution in [0, 0.1) is 0 Å². The third kappa shape index (κ3) is 3.34. The molecule has 0 aliphatic carbocycles. The predicted molar refractivity (Wildman–Crippen MR) is 72.4 cm³/mol. The molecule has 1 amide bonds. The van der Waals surface area contributed by atoms with Crippen molar-refractivity contribution < 1.29 is 14.3 Å². The number of carbonyl (C=O) groups is 2. The Morgan fingerprint density at radius 1 is 1.21 bits per heavy atom. The second-order valence-electron chi connectivity index (χ2n) is 4.65. The van der Waals surface area contributed by atoms with Crippen LogP contribution in [0.3, 0.4) is 0 Å². The lowest BCUT2D eigenvalue weighted by Crippen LogP contribution is -2.32. The van der Waals surface area contributed by atoms with E-state index < -0.39 is 0 Å². The highest BCUT2D eigenvalue weighted by molar-refractivity contribution is 5.98. The standard InChI is InChI=1S/C15H19NO3/c1-2-13(17)12-7-3-4-8-14(12)19-11-15(18)16-9-5-6-10-16/h3-4,7-8H,2,5-6,9-11H2,1H3. The molecule has 1 aliphatic rings. The van der Waals surface area contributed by atoms with Gasteiger partial charge in [-0.3, -0.25) is 9.59 Å². The average molecular weight is 261 g/mol. The number of hydrogen-bond acceptors (Lipinski definition) is 3. The van der Waals surface area contributed by atoms with Crippen LogP contribution in [0.4, 0.5) is 0 Å². The van der Waals surface area contributed by atoms with E-state index in [1.54, 1.807) is 18.2 Å². The van der Waals surface area contributed by atoms with Crippen molar-refractivity contribution in [2.45, 2.75) is 26.2 Å². The zero-order chi connectivity index (χ0) is 13.7. The fourth-order valence-electron chi connectivity index (χ4n) is 2.21. The fourth-order valence-corrected chi connectivity index (χ4v) is 2.21. The Morgan fingerprint density at radius 2 is 1.89 bits per heavy atom. The van der Waals surface area contributed by atoms with Gasteiger partial charge in [0.05, 0.1) is 5.56 Å². The quantitative estimate of drug-likeness (QED) is 0.764. The first kappa shape index (κ1) is 13.6. The van der Waals surface area contributed by atoms with Crippen LogP contribution in [0.2, 0.25) is 0 Å². The lowest BCUT2D eigenvalue weighted by molar-refractivity contribution is -0.132. The van der Waals surface area contributed by atoms with Crippen molar-refractivity contribution in [1.82, 2.24) is 4.90 Å². The van der Waals surface area contributed by atoms with Crippen molar-refractivity contribution in [3.05, 3.63) is 29.8 Å². The van der Waals surface area contributed by atoms with Crippen molar-refractivity contribution >= 4 is 11.7 Å².